The topological polar surface area (TPSA) is 51.8 Å². The molecule has 5 rings (SSSR count). The Hall–Kier alpha value is -3.79. The molecule has 0 spiro atoms. The smallest absolute Gasteiger partial charge is 0.248 e. The highest BCUT2D eigenvalue weighted by atomic mass is 16.4. The van der Waals surface area contributed by atoms with Crippen LogP contribution in [0.2, 0.25) is 0 Å². The van der Waals surface area contributed by atoms with Crippen LogP contribution in [0.5, 0.6) is 0 Å². The van der Waals surface area contributed by atoms with Crippen LogP contribution < -0.4 is 0 Å². The molecule has 0 unspecified atom stereocenters. The zero-order valence-corrected chi connectivity index (χ0v) is 21.3. The van der Waals surface area contributed by atoms with Gasteiger partial charge in [0.15, 0.2) is 0 Å². The maximum Gasteiger partial charge on any atom is 0.248 e. The average Bonchev–Trinajstić information content (AvgIpc) is 3.33. The number of para-hydroxylation sites is 1. The number of rotatable bonds is 3. The Balaban J connectivity index is 1.66. The summed E-state index contributed by atoms with van der Waals surface area (Å²) in [6.45, 7) is 13.4. The van der Waals surface area contributed by atoms with Crippen molar-refractivity contribution in [3.8, 4) is 34.2 Å². The Morgan fingerprint density at radius 2 is 1.20 bits per heavy atom. The maximum atomic E-state index is 6.34. The molecule has 0 radical (unpaired) electrons. The Kier molecular flexibility index (Phi) is 5.55. The number of nitrogens with zero attached hydrogens (tertiary/aromatic N) is 3. The second-order valence-corrected chi connectivity index (χ2v) is 11.1. The maximum absolute atomic E-state index is 6.34. The molecule has 4 heteroatoms. The zero-order chi connectivity index (χ0) is 24.8. The van der Waals surface area contributed by atoms with Gasteiger partial charge in [-0.15, -0.1) is 10.2 Å². The Morgan fingerprint density at radius 1 is 0.600 bits per heavy atom. The van der Waals surface area contributed by atoms with E-state index in [4.69, 9.17) is 9.40 Å². The van der Waals surface area contributed by atoms with E-state index in [9.17, 15) is 0 Å². The van der Waals surface area contributed by atoms with Gasteiger partial charge in [-0.25, -0.2) is 4.98 Å². The average molecular weight is 462 g/mol. The number of aromatic nitrogens is 3. The zero-order valence-electron chi connectivity index (χ0n) is 21.3. The second kappa shape index (κ2) is 8.46. The molecule has 0 atom stereocenters. The lowest BCUT2D eigenvalue weighted by Crippen LogP contribution is -2.16. The van der Waals surface area contributed by atoms with Crippen LogP contribution in [0.3, 0.4) is 0 Å². The molecule has 0 N–H and O–H groups in total. The van der Waals surface area contributed by atoms with E-state index >= 15 is 0 Å². The molecule has 0 fully saturated rings. The Morgan fingerprint density at radius 3 is 1.86 bits per heavy atom. The van der Waals surface area contributed by atoms with Gasteiger partial charge in [-0.1, -0.05) is 96.1 Å². The summed E-state index contributed by atoms with van der Waals surface area (Å²) in [7, 11) is 0. The summed E-state index contributed by atoms with van der Waals surface area (Å²) in [6.07, 6.45) is 0. The van der Waals surface area contributed by atoms with Gasteiger partial charge in [0.05, 0.1) is 16.8 Å². The molecular formula is C31H31N3O. The van der Waals surface area contributed by atoms with Crippen LogP contribution >= 0.6 is 0 Å². The molecule has 2 aromatic heterocycles. The molecule has 176 valence electrons. The van der Waals surface area contributed by atoms with E-state index in [2.05, 4.69) is 82.1 Å². The van der Waals surface area contributed by atoms with Gasteiger partial charge in [0.1, 0.15) is 0 Å². The first kappa shape index (κ1) is 23.0. The van der Waals surface area contributed by atoms with Crippen LogP contribution in [0.15, 0.2) is 83.3 Å². The molecule has 2 heterocycles. The van der Waals surface area contributed by atoms with E-state index in [1.165, 1.54) is 11.1 Å². The highest BCUT2D eigenvalue weighted by Crippen LogP contribution is 2.36. The van der Waals surface area contributed by atoms with Crippen molar-refractivity contribution in [1.82, 2.24) is 15.2 Å². The minimum atomic E-state index is 0.00471. The first-order chi connectivity index (χ1) is 16.6. The van der Waals surface area contributed by atoms with Crippen LogP contribution in [0.4, 0.5) is 0 Å². The van der Waals surface area contributed by atoms with E-state index in [0.29, 0.717) is 11.8 Å². The normalized spacial score (nSPS) is 12.3. The second-order valence-electron chi connectivity index (χ2n) is 11.1. The van der Waals surface area contributed by atoms with Gasteiger partial charge < -0.3 is 4.42 Å². The van der Waals surface area contributed by atoms with E-state index < -0.39 is 0 Å². The first-order valence-corrected chi connectivity index (χ1v) is 12.1. The van der Waals surface area contributed by atoms with E-state index in [-0.39, 0.29) is 10.8 Å². The van der Waals surface area contributed by atoms with Gasteiger partial charge in [0.25, 0.3) is 0 Å². The van der Waals surface area contributed by atoms with Gasteiger partial charge >= 0.3 is 0 Å². The van der Waals surface area contributed by atoms with Crippen molar-refractivity contribution in [2.45, 2.75) is 52.4 Å². The fraction of sp³-hybridized carbons (Fsp3) is 0.258. The summed E-state index contributed by atoms with van der Waals surface area (Å²) in [5.74, 6) is 1.02. The van der Waals surface area contributed by atoms with Crippen molar-refractivity contribution in [2.24, 2.45) is 0 Å². The largest absolute Gasteiger partial charge is 0.416 e. The van der Waals surface area contributed by atoms with Gasteiger partial charge in [0, 0.05) is 16.5 Å². The molecule has 3 aromatic carbocycles. The predicted octanol–water partition coefficient (Wildman–Crippen LogP) is 8.21. The fourth-order valence-corrected chi connectivity index (χ4v) is 4.17. The Labute approximate surface area is 207 Å². The van der Waals surface area contributed by atoms with Crippen LogP contribution in [-0.2, 0) is 10.8 Å². The van der Waals surface area contributed by atoms with Gasteiger partial charge in [-0.05, 0) is 46.2 Å². The number of fused-ring (bicyclic) bond motifs is 1. The number of benzene rings is 3. The minimum absolute atomic E-state index is 0.00471. The lowest BCUT2D eigenvalue weighted by molar-refractivity contribution is 0.564. The van der Waals surface area contributed by atoms with Crippen molar-refractivity contribution in [1.29, 1.82) is 0 Å². The van der Waals surface area contributed by atoms with Crippen LogP contribution in [0, 0.1) is 0 Å². The molecule has 0 aliphatic heterocycles. The summed E-state index contributed by atoms with van der Waals surface area (Å²) in [4.78, 5) is 4.88. The monoisotopic (exact) mass is 461 g/mol. The summed E-state index contributed by atoms with van der Waals surface area (Å²) < 4.78 is 6.34. The van der Waals surface area contributed by atoms with Gasteiger partial charge in [-0.2, -0.15) is 0 Å². The molecule has 0 aliphatic carbocycles. The third-order valence-corrected chi connectivity index (χ3v) is 6.35. The Bertz CT molecular complexity index is 1470. The van der Waals surface area contributed by atoms with Crippen LogP contribution in [0.1, 0.15) is 52.7 Å². The van der Waals surface area contributed by atoms with Crippen molar-refractivity contribution >= 4 is 10.9 Å². The van der Waals surface area contributed by atoms with E-state index in [0.717, 1.165) is 33.3 Å². The molecule has 4 nitrogen and oxygen atoms in total. The van der Waals surface area contributed by atoms with E-state index in [1.54, 1.807) is 0 Å². The summed E-state index contributed by atoms with van der Waals surface area (Å²) in [6, 6.07) is 26.9. The minimum Gasteiger partial charge on any atom is -0.416 e. The number of hydrogen-bond acceptors (Lipinski definition) is 4. The molecule has 0 saturated heterocycles. The third-order valence-electron chi connectivity index (χ3n) is 6.35. The SMILES string of the molecule is CC(C)(C)c1cc(-c2nnc(-c3cc(-c4ccccc4)nc4ccccc34)o2)cc(C(C)(C)C)c1. The van der Waals surface area contributed by atoms with Gasteiger partial charge in [0.2, 0.25) is 11.8 Å². The van der Waals surface area contributed by atoms with Crippen molar-refractivity contribution in [3.63, 3.8) is 0 Å². The molecule has 5 aromatic rings. The summed E-state index contributed by atoms with van der Waals surface area (Å²) in [5.41, 5.74) is 7.17. The van der Waals surface area contributed by atoms with E-state index in [1.807, 2.05) is 48.5 Å². The third kappa shape index (κ3) is 4.61. The molecule has 0 aliphatic rings. The lowest BCUT2D eigenvalue weighted by atomic mass is 9.79. The number of hydrogen-bond donors (Lipinski definition) is 0. The van der Waals surface area contributed by atoms with Gasteiger partial charge in [-0.3, -0.25) is 0 Å². The lowest BCUT2D eigenvalue weighted by Gasteiger charge is -2.25. The van der Waals surface area contributed by atoms with Crippen LogP contribution in [0.25, 0.3) is 45.1 Å². The van der Waals surface area contributed by atoms with Crippen molar-refractivity contribution in [3.05, 3.63) is 90.0 Å². The summed E-state index contributed by atoms with van der Waals surface area (Å²) in [5, 5.41) is 9.96. The first-order valence-electron chi connectivity index (χ1n) is 12.1. The molecule has 35 heavy (non-hydrogen) atoms. The molecule has 0 saturated carbocycles. The number of pyridine rings is 1. The highest BCUT2D eigenvalue weighted by molar-refractivity contribution is 5.94. The predicted molar refractivity (Wildman–Crippen MR) is 143 cm³/mol. The fourth-order valence-electron chi connectivity index (χ4n) is 4.17. The highest BCUT2D eigenvalue weighted by Gasteiger charge is 2.23. The van der Waals surface area contributed by atoms with Crippen LogP contribution in [-0.4, -0.2) is 15.2 Å². The quantitative estimate of drug-likeness (QED) is 0.272. The van der Waals surface area contributed by atoms with Crippen molar-refractivity contribution in [2.75, 3.05) is 0 Å². The standard InChI is InChI=1S/C31H31N3O/c1-30(2,3)22-16-21(17-23(18-22)31(4,5)6)28-33-34-29(35-28)25-19-27(20-12-8-7-9-13-20)32-26-15-11-10-14-24(25)26/h7-19H,1-6H3. The molecule has 0 bridgehead atoms. The molecule has 0 amide bonds. The molecular weight excluding hydrogens is 430 g/mol. The van der Waals surface area contributed by atoms with Crippen molar-refractivity contribution < 1.29 is 4.42 Å². The summed E-state index contributed by atoms with van der Waals surface area (Å²) >= 11 is 0.